The van der Waals surface area contributed by atoms with Crippen molar-refractivity contribution in [2.75, 3.05) is 13.2 Å². The van der Waals surface area contributed by atoms with Crippen molar-refractivity contribution in [3.8, 4) is 0 Å². The first-order valence-corrected chi connectivity index (χ1v) is 8.05. The second-order valence-electron chi connectivity index (χ2n) is 5.01. The number of hydrogen-bond donors (Lipinski definition) is 2. The summed E-state index contributed by atoms with van der Waals surface area (Å²) in [7, 11) is -4.09. The molecule has 1 heterocycles. The average Bonchev–Trinajstić information content (AvgIpc) is 2.41. The summed E-state index contributed by atoms with van der Waals surface area (Å²) in [6, 6.07) is 1.93. The Morgan fingerprint density at radius 1 is 1.48 bits per heavy atom. The van der Waals surface area contributed by atoms with E-state index in [0.717, 1.165) is 25.0 Å². The molecule has 1 fully saturated rings. The molecule has 1 aliphatic heterocycles. The van der Waals surface area contributed by atoms with E-state index in [0.29, 0.717) is 13.2 Å². The summed E-state index contributed by atoms with van der Waals surface area (Å²) in [5.74, 6) is -1.33. The number of ether oxygens (including phenoxy) is 1. The lowest BCUT2D eigenvalue weighted by Gasteiger charge is -2.23. The third-order valence-corrected chi connectivity index (χ3v) is 4.40. The molecule has 1 saturated heterocycles. The van der Waals surface area contributed by atoms with E-state index in [-0.39, 0.29) is 22.1 Å². The normalized spacial score (nSPS) is 19.3. The Bertz CT molecular complexity index is 654. The first-order valence-electron chi connectivity index (χ1n) is 6.50. The highest BCUT2D eigenvalue weighted by Gasteiger charge is 2.21. The zero-order valence-electron chi connectivity index (χ0n) is 11.6. The van der Waals surface area contributed by atoms with Gasteiger partial charge in [-0.25, -0.2) is 17.9 Å². The molecule has 1 unspecified atom stereocenters. The Hall–Kier alpha value is -1.51. The van der Waals surface area contributed by atoms with Gasteiger partial charge in [-0.1, -0.05) is 0 Å². The molecule has 3 N–H and O–H groups in total. The van der Waals surface area contributed by atoms with Crippen molar-refractivity contribution >= 4 is 15.9 Å². The Morgan fingerprint density at radius 2 is 2.19 bits per heavy atom. The van der Waals surface area contributed by atoms with Crippen LogP contribution in [0.15, 0.2) is 17.0 Å². The quantitative estimate of drug-likeness (QED) is 0.857. The second kappa shape index (κ2) is 6.08. The first-order chi connectivity index (χ1) is 9.79. The Kier molecular flexibility index (Phi) is 4.60. The third-order valence-electron chi connectivity index (χ3n) is 3.36. The number of amides is 1. The first kappa shape index (κ1) is 15.9. The fourth-order valence-electron chi connectivity index (χ4n) is 2.20. The predicted octanol–water partition coefficient (Wildman–Crippen LogP) is 0.690. The minimum absolute atomic E-state index is 0.0762. The number of nitrogens with two attached hydrogens (primary N) is 1. The fraction of sp³-hybridized carbons (Fsp3) is 0.462. The van der Waals surface area contributed by atoms with E-state index in [9.17, 15) is 17.6 Å². The van der Waals surface area contributed by atoms with Crippen LogP contribution in [0.25, 0.3) is 0 Å². The van der Waals surface area contributed by atoms with Crippen LogP contribution in [-0.2, 0) is 14.8 Å². The number of carbonyl (C=O) groups excluding carboxylic acids is 1. The molecule has 8 heteroatoms. The van der Waals surface area contributed by atoms with Gasteiger partial charge in [0, 0.05) is 17.7 Å². The highest BCUT2D eigenvalue weighted by atomic mass is 32.2. The van der Waals surface area contributed by atoms with Crippen molar-refractivity contribution in [3.05, 3.63) is 29.1 Å². The molecule has 0 radical (unpaired) electrons. The molecule has 1 aromatic rings. The molecule has 1 aliphatic rings. The number of rotatable bonds is 3. The van der Waals surface area contributed by atoms with Crippen LogP contribution in [0.5, 0.6) is 0 Å². The van der Waals surface area contributed by atoms with E-state index in [1.807, 2.05) is 0 Å². The summed E-state index contributed by atoms with van der Waals surface area (Å²) >= 11 is 0. The third kappa shape index (κ3) is 3.78. The molecule has 0 saturated carbocycles. The number of carbonyl (C=O) groups is 1. The highest BCUT2D eigenvalue weighted by molar-refractivity contribution is 7.89. The standard InChI is InChI=1S/C13H17FN2O4S/c1-8-11(14)5-9(6-12(8)21(15,18)19)13(17)16-10-3-2-4-20-7-10/h5-6,10H,2-4,7H2,1H3,(H,16,17)(H2,15,18,19). The summed E-state index contributed by atoms with van der Waals surface area (Å²) in [6.45, 7) is 2.34. The van der Waals surface area contributed by atoms with Crippen LogP contribution in [0.4, 0.5) is 4.39 Å². The smallest absolute Gasteiger partial charge is 0.251 e. The molecule has 1 aromatic carbocycles. The van der Waals surface area contributed by atoms with Gasteiger partial charge in [-0.05, 0) is 31.9 Å². The molecule has 0 aromatic heterocycles. The van der Waals surface area contributed by atoms with Gasteiger partial charge in [-0.15, -0.1) is 0 Å². The van der Waals surface area contributed by atoms with E-state index < -0.39 is 21.7 Å². The molecular weight excluding hydrogens is 299 g/mol. The molecule has 2 rings (SSSR count). The second-order valence-corrected chi connectivity index (χ2v) is 6.54. The molecule has 116 valence electrons. The van der Waals surface area contributed by atoms with Gasteiger partial charge in [0.05, 0.1) is 17.5 Å². The molecular formula is C13H17FN2O4S. The van der Waals surface area contributed by atoms with E-state index in [1.165, 1.54) is 6.92 Å². The molecule has 0 aliphatic carbocycles. The Morgan fingerprint density at radius 3 is 2.76 bits per heavy atom. The zero-order chi connectivity index (χ0) is 15.6. The van der Waals surface area contributed by atoms with Crippen LogP contribution in [0, 0.1) is 12.7 Å². The van der Waals surface area contributed by atoms with Crippen LogP contribution < -0.4 is 10.5 Å². The van der Waals surface area contributed by atoms with Crippen LogP contribution in [-0.4, -0.2) is 33.6 Å². The number of nitrogens with one attached hydrogen (secondary N) is 1. The van der Waals surface area contributed by atoms with E-state index >= 15 is 0 Å². The van der Waals surface area contributed by atoms with Gasteiger partial charge in [0.15, 0.2) is 0 Å². The van der Waals surface area contributed by atoms with Crippen LogP contribution in [0.2, 0.25) is 0 Å². The highest BCUT2D eigenvalue weighted by Crippen LogP contribution is 2.20. The van der Waals surface area contributed by atoms with Gasteiger partial charge in [0.25, 0.3) is 5.91 Å². The fourth-order valence-corrected chi connectivity index (χ4v) is 3.02. The number of halogens is 1. The van der Waals surface area contributed by atoms with E-state index in [4.69, 9.17) is 9.88 Å². The molecule has 1 atom stereocenters. The largest absolute Gasteiger partial charge is 0.379 e. The lowest BCUT2D eigenvalue weighted by Crippen LogP contribution is -2.40. The molecule has 1 amide bonds. The maximum absolute atomic E-state index is 13.8. The number of primary sulfonamides is 1. The van der Waals surface area contributed by atoms with Crippen molar-refractivity contribution in [2.24, 2.45) is 5.14 Å². The van der Waals surface area contributed by atoms with E-state index in [2.05, 4.69) is 5.32 Å². The maximum atomic E-state index is 13.8. The van der Waals surface area contributed by atoms with Gasteiger partial charge in [-0.3, -0.25) is 4.79 Å². The average molecular weight is 316 g/mol. The van der Waals surface area contributed by atoms with Gasteiger partial charge in [0.2, 0.25) is 10.0 Å². The predicted molar refractivity (Wildman–Crippen MR) is 73.8 cm³/mol. The maximum Gasteiger partial charge on any atom is 0.251 e. The lowest BCUT2D eigenvalue weighted by atomic mass is 10.1. The van der Waals surface area contributed by atoms with Gasteiger partial charge in [0.1, 0.15) is 5.82 Å². The van der Waals surface area contributed by atoms with E-state index in [1.54, 1.807) is 0 Å². The molecule has 0 bridgehead atoms. The van der Waals surface area contributed by atoms with Gasteiger partial charge >= 0.3 is 0 Å². The number of hydrogen-bond acceptors (Lipinski definition) is 4. The number of sulfonamides is 1. The topological polar surface area (TPSA) is 98.5 Å². The summed E-state index contributed by atoms with van der Waals surface area (Å²) in [4.78, 5) is 11.7. The molecule has 6 nitrogen and oxygen atoms in total. The van der Waals surface area contributed by atoms with Crippen LogP contribution in [0.3, 0.4) is 0 Å². The van der Waals surface area contributed by atoms with Crippen molar-refractivity contribution in [1.82, 2.24) is 5.32 Å². The van der Waals surface area contributed by atoms with Crippen LogP contribution >= 0.6 is 0 Å². The van der Waals surface area contributed by atoms with Gasteiger partial charge in [-0.2, -0.15) is 0 Å². The van der Waals surface area contributed by atoms with Crippen LogP contribution in [0.1, 0.15) is 28.8 Å². The number of benzene rings is 1. The van der Waals surface area contributed by atoms with Crippen molar-refractivity contribution in [1.29, 1.82) is 0 Å². The van der Waals surface area contributed by atoms with Gasteiger partial charge < -0.3 is 10.1 Å². The summed E-state index contributed by atoms with van der Waals surface area (Å²) in [5, 5.41) is 7.73. The Balaban J connectivity index is 2.27. The zero-order valence-corrected chi connectivity index (χ0v) is 12.4. The monoisotopic (exact) mass is 316 g/mol. The minimum Gasteiger partial charge on any atom is -0.379 e. The summed E-state index contributed by atoms with van der Waals surface area (Å²) < 4.78 is 41.9. The van der Waals surface area contributed by atoms with Crippen molar-refractivity contribution in [3.63, 3.8) is 0 Å². The molecule has 0 spiro atoms. The van der Waals surface area contributed by atoms with Crippen molar-refractivity contribution < 1.29 is 22.3 Å². The molecule has 21 heavy (non-hydrogen) atoms. The van der Waals surface area contributed by atoms with Crippen molar-refractivity contribution in [2.45, 2.75) is 30.7 Å². The lowest BCUT2D eigenvalue weighted by molar-refractivity contribution is 0.0624. The summed E-state index contributed by atoms with van der Waals surface area (Å²) in [6.07, 6.45) is 1.60. The Labute approximate surface area is 122 Å². The SMILES string of the molecule is Cc1c(F)cc(C(=O)NC2CCCOC2)cc1S(N)(=O)=O. The summed E-state index contributed by atoms with van der Waals surface area (Å²) in [5.41, 5.74) is -0.178. The minimum atomic E-state index is -4.09.